The van der Waals surface area contributed by atoms with Crippen molar-refractivity contribution < 1.29 is 22.7 Å². The van der Waals surface area contributed by atoms with Crippen LogP contribution in [0.25, 0.3) is 17.1 Å². The van der Waals surface area contributed by atoms with Gasteiger partial charge < -0.3 is 10.1 Å². The number of carbonyl (C=O) groups is 1. The number of rotatable bonds is 7. The zero-order valence-corrected chi connectivity index (χ0v) is 16.7. The number of hydrogen-bond donors (Lipinski definition) is 1. The highest BCUT2D eigenvalue weighted by molar-refractivity contribution is 7.99. The van der Waals surface area contributed by atoms with Crippen molar-refractivity contribution in [2.45, 2.75) is 18.3 Å². The van der Waals surface area contributed by atoms with Crippen LogP contribution >= 0.6 is 11.8 Å². The minimum atomic E-state index is -4.56. The van der Waals surface area contributed by atoms with Gasteiger partial charge in [-0.25, -0.2) is 4.79 Å². The average molecular weight is 437 g/mol. The van der Waals surface area contributed by atoms with Gasteiger partial charge in [-0.15, -0.1) is 10.2 Å². The second-order valence-corrected chi connectivity index (χ2v) is 7.20. The maximum Gasteiger partial charge on any atom is 0.422 e. The van der Waals surface area contributed by atoms with Gasteiger partial charge in [0.15, 0.2) is 17.6 Å². The molecule has 0 fully saturated rings. The normalized spacial score (nSPS) is 11.3. The van der Waals surface area contributed by atoms with Crippen LogP contribution in [0.5, 0.6) is 0 Å². The highest BCUT2D eigenvalue weighted by Crippen LogP contribution is 2.28. The van der Waals surface area contributed by atoms with Gasteiger partial charge in [0.05, 0.1) is 5.69 Å². The second-order valence-electron chi connectivity index (χ2n) is 6.14. The summed E-state index contributed by atoms with van der Waals surface area (Å²) in [6, 6.07) is 11.4. The molecule has 0 unspecified atom stereocenters. The highest BCUT2D eigenvalue weighted by atomic mass is 32.2. The summed E-state index contributed by atoms with van der Waals surface area (Å²) >= 11 is 1.31. The number of alkyl carbamates (subject to hydrolysis) is 1. The fourth-order valence-electron chi connectivity index (χ4n) is 2.57. The van der Waals surface area contributed by atoms with E-state index in [2.05, 4.69) is 25.2 Å². The molecule has 2 heterocycles. The van der Waals surface area contributed by atoms with Crippen LogP contribution in [-0.2, 0) is 4.74 Å². The van der Waals surface area contributed by atoms with Crippen molar-refractivity contribution in [2.75, 3.05) is 18.9 Å². The molecular formula is C19H18F3N5O2S. The number of aryl methyl sites for hydroxylation is 1. The van der Waals surface area contributed by atoms with Crippen molar-refractivity contribution in [3.8, 4) is 17.1 Å². The van der Waals surface area contributed by atoms with Crippen LogP contribution < -0.4 is 5.32 Å². The largest absolute Gasteiger partial charge is 0.440 e. The maximum atomic E-state index is 12.1. The quantitative estimate of drug-likeness (QED) is 0.444. The summed E-state index contributed by atoms with van der Waals surface area (Å²) in [5, 5.41) is 11.4. The number of aromatic nitrogens is 4. The molecule has 0 atom stereocenters. The Hall–Kier alpha value is -3.08. The lowest BCUT2D eigenvalue weighted by molar-refractivity contribution is -0.160. The van der Waals surface area contributed by atoms with Crippen LogP contribution in [0.15, 0.2) is 53.9 Å². The number of thioether (sulfide) groups is 1. The molecule has 0 radical (unpaired) electrons. The lowest BCUT2D eigenvalue weighted by Gasteiger charge is -2.13. The van der Waals surface area contributed by atoms with Gasteiger partial charge in [0.25, 0.3) is 0 Å². The molecule has 1 N–H and O–H groups in total. The zero-order valence-electron chi connectivity index (χ0n) is 15.9. The Morgan fingerprint density at radius 1 is 1.20 bits per heavy atom. The molecule has 158 valence electrons. The first-order valence-corrected chi connectivity index (χ1v) is 9.86. The third-order valence-corrected chi connectivity index (χ3v) is 4.81. The molecule has 0 bridgehead atoms. The van der Waals surface area contributed by atoms with Crippen LogP contribution in [0, 0.1) is 6.92 Å². The van der Waals surface area contributed by atoms with Crippen molar-refractivity contribution >= 4 is 17.9 Å². The van der Waals surface area contributed by atoms with E-state index in [1.54, 1.807) is 18.5 Å². The Morgan fingerprint density at radius 2 is 2.00 bits per heavy atom. The molecule has 0 aliphatic carbocycles. The molecule has 30 heavy (non-hydrogen) atoms. The van der Waals surface area contributed by atoms with Gasteiger partial charge in [0, 0.05) is 30.3 Å². The van der Waals surface area contributed by atoms with E-state index in [0.29, 0.717) is 16.7 Å². The van der Waals surface area contributed by atoms with Crippen molar-refractivity contribution in [1.82, 2.24) is 25.1 Å². The molecule has 7 nitrogen and oxygen atoms in total. The number of hydrogen-bond acceptors (Lipinski definition) is 6. The van der Waals surface area contributed by atoms with Crippen LogP contribution in [0.3, 0.4) is 0 Å². The van der Waals surface area contributed by atoms with Crippen LogP contribution in [0.4, 0.5) is 18.0 Å². The molecule has 0 aliphatic heterocycles. The summed E-state index contributed by atoms with van der Waals surface area (Å²) in [6.07, 6.45) is -2.33. The number of nitrogens with one attached hydrogen (secondary N) is 1. The predicted molar refractivity (Wildman–Crippen MR) is 105 cm³/mol. The summed E-state index contributed by atoms with van der Waals surface area (Å²) in [5.74, 6) is 0.968. The first kappa shape index (κ1) is 21.6. The van der Waals surface area contributed by atoms with Gasteiger partial charge in [-0.1, -0.05) is 30.0 Å². The molecule has 0 aliphatic rings. The Balaban J connectivity index is 1.72. The summed E-state index contributed by atoms with van der Waals surface area (Å²) < 4.78 is 42.2. The van der Waals surface area contributed by atoms with Gasteiger partial charge in [-0.05, 0) is 30.7 Å². The van der Waals surface area contributed by atoms with E-state index in [1.807, 2.05) is 41.8 Å². The fourth-order valence-corrected chi connectivity index (χ4v) is 3.37. The lowest BCUT2D eigenvalue weighted by Crippen LogP contribution is -2.30. The Labute approximate surface area is 174 Å². The average Bonchev–Trinajstić information content (AvgIpc) is 3.14. The number of benzene rings is 1. The lowest BCUT2D eigenvalue weighted by atomic mass is 10.2. The molecular weight excluding hydrogens is 419 g/mol. The minimum Gasteiger partial charge on any atom is -0.440 e. The van der Waals surface area contributed by atoms with E-state index >= 15 is 0 Å². The number of halogens is 3. The van der Waals surface area contributed by atoms with Crippen molar-refractivity contribution in [3.05, 3.63) is 54.4 Å². The molecule has 0 saturated heterocycles. The van der Waals surface area contributed by atoms with Crippen LogP contribution in [0.1, 0.15) is 5.56 Å². The smallest absolute Gasteiger partial charge is 0.422 e. The Bertz CT molecular complexity index is 995. The van der Waals surface area contributed by atoms with Gasteiger partial charge in [0.1, 0.15) is 0 Å². The molecule has 3 aromatic rings. The van der Waals surface area contributed by atoms with Crippen molar-refractivity contribution in [2.24, 2.45) is 0 Å². The molecule has 1 aromatic carbocycles. The summed E-state index contributed by atoms with van der Waals surface area (Å²) in [4.78, 5) is 15.5. The fraction of sp³-hybridized carbons (Fsp3) is 0.263. The molecule has 0 spiro atoms. The topological polar surface area (TPSA) is 81.9 Å². The van der Waals surface area contributed by atoms with Crippen molar-refractivity contribution in [3.63, 3.8) is 0 Å². The standard InChI is InChI=1S/C19H18F3N5O2S/c1-13-5-2-3-7-15(13)27-16(14-6-4-8-23-11-14)25-26-17(27)30-10-9-24-18(28)29-12-19(20,21)22/h2-8,11H,9-10,12H2,1H3,(H,24,28). The predicted octanol–water partition coefficient (Wildman–Crippen LogP) is 4.02. The van der Waals surface area contributed by atoms with Gasteiger partial charge in [0.2, 0.25) is 0 Å². The first-order valence-electron chi connectivity index (χ1n) is 8.87. The zero-order chi connectivity index (χ0) is 21.6. The third kappa shape index (κ3) is 5.72. The van der Waals surface area contributed by atoms with E-state index in [9.17, 15) is 18.0 Å². The molecule has 3 rings (SSSR count). The van der Waals surface area contributed by atoms with Gasteiger partial charge in [-0.3, -0.25) is 9.55 Å². The Kier molecular flexibility index (Phi) is 6.93. The van der Waals surface area contributed by atoms with Gasteiger partial charge in [-0.2, -0.15) is 13.2 Å². The molecule has 1 amide bonds. The van der Waals surface area contributed by atoms with Gasteiger partial charge >= 0.3 is 12.3 Å². The summed E-state index contributed by atoms with van der Waals surface area (Å²) in [6.45, 7) is 0.446. The van der Waals surface area contributed by atoms with E-state index in [-0.39, 0.29) is 6.54 Å². The number of alkyl halides is 3. The second kappa shape index (κ2) is 9.61. The highest BCUT2D eigenvalue weighted by Gasteiger charge is 2.29. The third-order valence-electron chi connectivity index (χ3n) is 3.88. The maximum absolute atomic E-state index is 12.1. The number of para-hydroxylation sites is 1. The SMILES string of the molecule is Cc1ccccc1-n1c(SCCNC(=O)OCC(F)(F)F)nnc1-c1cccnc1. The number of amides is 1. The summed E-state index contributed by atoms with van der Waals surface area (Å²) in [5.41, 5.74) is 2.69. The number of ether oxygens (including phenoxy) is 1. The number of carbonyl (C=O) groups excluding carboxylic acids is 1. The van der Waals surface area contributed by atoms with E-state index < -0.39 is 18.9 Å². The van der Waals surface area contributed by atoms with E-state index in [0.717, 1.165) is 16.8 Å². The molecule has 11 heteroatoms. The van der Waals surface area contributed by atoms with E-state index in [4.69, 9.17) is 0 Å². The van der Waals surface area contributed by atoms with Crippen LogP contribution in [0.2, 0.25) is 0 Å². The number of pyridine rings is 1. The number of nitrogens with zero attached hydrogens (tertiary/aromatic N) is 4. The molecule has 2 aromatic heterocycles. The monoisotopic (exact) mass is 437 g/mol. The molecule has 0 saturated carbocycles. The Morgan fingerprint density at radius 3 is 2.70 bits per heavy atom. The van der Waals surface area contributed by atoms with Crippen molar-refractivity contribution in [1.29, 1.82) is 0 Å². The van der Waals surface area contributed by atoms with E-state index in [1.165, 1.54) is 11.8 Å². The first-order chi connectivity index (χ1) is 14.3. The van der Waals surface area contributed by atoms with Crippen LogP contribution in [-0.4, -0.2) is 50.9 Å². The minimum absolute atomic E-state index is 0.101. The summed E-state index contributed by atoms with van der Waals surface area (Å²) in [7, 11) is 0.